The van der Waals surface area contributed by atoms with Crippen molar-refractivity contribution in [2.24, 2.45) is 17.8 Å². The Labute approximate surface area is 207 Å². The topological polar surface area (TPSA) is 29.5 Å². The van der Waals surface area contributed by atoms with Gasteiger partial charge >= 0.3 is 0 Å². The molecule has 0 fully saturated rings. The first kappa shape index (κ1) is 27.5. The van der Waals surface area contributed by atoms with Crippen molar-refractivity contribution in [3.63, 3.8) is 0 Å². The third kappa shape index (κ3) is 7.67. The lowest BCUT2D eigenvalue weighted by Gasteiger charge is -2.38. The van der Waals surface area contributed by atoms with E-state index in [9.17, 15) is 5.11 Å². The maximum Gasteiger partial charge on any atom is 0.127 e. The van der Waals surface area contributed by atoms with E-state index < -0.39 is 0 Å². The molecular formula is C29H49BrO2. The molecule has 1 aromatic rings. The summed E-state index contributed by atoms with van der Waals surface area (Å²) in [7, 11) is 0. The number of fused-ring (bicyclic) bond motifs is 1. The summed E-state index contributed by atoms with van der Waals surface area (Å²) >= 11 is 3.56. The lowest BCUT2D eigenvalue weighted by Crippen LogP contribution is -2.37. The summed E-state index contributed by atoms with van der Waals surface area (Å²) < 4.78 is 6.65. The van der Waals surface area contributed by atoms with Crippen LogP contribution in [0.1, 0.15) is 121 Å². The maximum atomic E-state index is 10.6. The smallest absolute Gasteiger partial charge is 0.127 e. The Morgan fingerprint density at radius 2 is 1.47 bits per heavy atom. The van der Waals surface area contributed by atoms with Crippen LogP contribution >= 0.6 is 15.9 Å². The molecule has 184 valence electrons. The average Bonchev–Trinajstić information content (AvgIpc) is 2.73. The molecule has 0 bridgehead atoms. The Balaban J connectivity index is 1.77. The molecule has 2 nitrogen and oxygen atoms in total. The van der Waals surface area contributed by atoms with E-state index in [0.717, 1.165) is 59.5 Å². The number of aromatic hydroxyl groups is 1. The molecule has 1 aliphatic rings. The summed E-state index contributed by atoms with van der Waals surface area (Å²) in [6.45, 7) is 15.9. The minimum Gasteiger partial charge on any atom is -0.507 e. The molecule has 0 saturated carbocycles. The van der Waals surface area contributed by atoms with Crippen molar-refractivity contribution in [2.45, 2.75) is 130 Å². The molecule has 3 heteroatoms. The van der Waals surface area contributed by atoms with Gasteiger partial charge in [-0.2, -0.15) is 0 Å². The number of ether oxygens (including phenoxy) is 1. The predicted octanol–water partition coefficient (Wildman–Crippen LogP) is 9.43. The maximum absolute atomic E-state index is 10.6. The fourth-order valence-corrected chi connectivity index (χ4v) is 5.90. The van der Waals surface area contributed by atoms with Gasteiger partial charge in [0, 0.05) is 16.5 Å². The van der Waals surface area contributed by atoms with Crippen LogP contribution in [0.15, 0.2) is 0 Å². The van der Waals surface area contributed by atoms with Crippen LogP contribution in [0.5, 0.6) is 11.5 Å². The highest BCUT2D eigenvalue weighted by Gasteiger charge is 2.34. The van der Waals surface area contributed by atoms with E-state index in [-0.39, 0.29) is 5.60 Å². The Hall–Kier alpha value is -0.700. The van der Waals surface area contributed by atoms with E-state index in [1.165, 1.54) is 56.9 Å². The monoisotopic (exact) mass is 508 g/mol. The van der Waals surface area contributed by atoms with Crippen LogP contribution in [-0.2, 0) is 11.8 Å². The van der Waals surface area contributed by atoms with Crippen molar-refractivity contribution >= 4 is 15.9 Å². The van der Waals surface area contributed by atoms with E-state index in [1.807, 2.05) is 6.92 Å². The Bertz CT molecular complexity index is 727. The predicted molar refractivity (Wildman–Crippen MR) is 142 cm³/mol. The molecule has 0 unspecified atom stereocenters. The molecule has 1 aromatic carbocycles. The minimum atomic E-state index is -0.0879. The Morgan fingerprint density at radius 1 is 0.906 bits per heavy atom. The van der Waals surface area contributed by atoms with Gasteiger partial charge in [-0.1, -0.05) is 88.6 Å². The Kier molecular flexibility index (Phi) is 10.9. The highest BCUT2D eigenvalue weighted by atomic mass is 79.9. The van der Waals surface area contributed by atoms with Crippen LogP contribution in [0.25, 0.3) is 0 Å². The first-order chi connectivity index (χ1) is 15.1. The van der Waals surface area contributed by atoms with E-state index in [4.69, 9.17) is 4.74 Å². The van der Waals surface area contributed by atoms with Crippen LogP contribution in [0.4, 0.5) is 0 Å². The van der Waals surface area contributed by atoms with Crippen molar-refractivity contribution in [2.75, 3.05) is 0 Å². The zero-order chi connectivity index (χ0) is 23.9. The summed E-state index contributed by atoms with van der Waals surface area (Å²) in [6, 6.07) is 0. The molecule has 0 spiro atoms. The lowest BCUT2D eigenvalue weighted by molar-refractivity contribution is 0.0511. The molecule has 0 aromatic heterocycles. The fourth-order valence-electron chi connectivity index (χ4n) is 5.29. The average molecular weight is 510 g/mol. The minimum absolute atomic E-state index is 0.0879. The summed E-state index contributed by atoms with van der Waals surface area (Å²) in [5.74, 6) is 4.00. The number of benzene rings is 1. The first-order valence-electron chi connectivity index (χ1n) is 13.2. The molecule has 1 aliphatic heterocycles. The van der Waals surface area contributed by atoms with Gasteiger partial charge in [0.1, 0.15) is 17.1 Å². The van der Waals surface area contributed by atoms with Gasteiger partial charge in [-0.25, -0.2) is 0 Å². The molecule has 0 radical (unpaired) electrons. The van der Waals surface area contributed by atoms with Crippen molar-refractivity contribution in [1.82, 2.24) is 0 Å². The highest BCUT2D eigenvalue weighted by Crippen LogP contribution is 2.45. The van der Waals surface area contributed by atoms with E-state index in [1.54, 1.807) is 0 Å². The molecule has 0 amide bonds. The van der Waals surface area contributed by atoms with Crippen LogP contribution in [0, 0.1) is 31.6 Å². The molecule has 2 rings (SSSR count). The first-order valence-corrected chi connectivity index (χ1v) is 14.3. The van der Waals surface area contributed by atoms with Crippen LogP contribution in [0.2, 0.25) is 0 Å². The second-order valence-corrected chi connectivity index (χ2v) is 12.0. The summed E-state index contributed by atoms with van der Waals surface area (Å²) in [5.41, 5.74) is 4.18. The summed E-state index contributed by atoms with van der Waals surface area (Å²) in [4.78, 5) is 0. The summed E-state index contributed by atoms with van der Waals surface area (Å²) in [5, 5.41) is 11.2. The van der Waals surface area contributed by atoms with Gasteiger partial charge in [0.25, 0.3) is 0 Å². The van der Waals surface area contributed by atoms with Gasteiger partial charge in [-0.3, -0.25) is 0 Å². The summed E-state index contributed by atoms with van der Waals surface area (Å²) in [6.07, 6.45) is 14.0. The lowest BCUT2D eigenvalue weighted by atomic mass is 9.83. The van der Waals surface area contributed by atoms with Crippen molar-refractivity contribution in [3.8, 4) is 11.5 Å². The quantitative estimate of drug-likeness (QED) is 0.268. The number of halogens is 1. The molecule has 32 heavy (non-hydrogen) atoms. The third-order valence-electron chi connectivity index (χ3n) is 7.84. The van der Waals surface area contributed by atoms with Gasteiger partial charge in [0.05, 0.1) is 0 Å². The number of hydrogen-bond donors (Lipinski definition) is 1. The largest absolute Gasteiger partial charge is 0.507 e. The molecular weight excluding hydrogens is 460 g/mol. The van der Waals surface area contributed by atoms with Gasteiger partial charge in [0.15, 0.2) is 0 Å². The normalized spacial score (nSPS) is 20.2. The number of phenolic OH excluding ortho intramolecular Hbond substituents is 1. The van der Waals surface area contributed by atoms with Crippen molar-refractivity contribution in [3.05, 3.63) is 22.3 Å². The number of rotatable bonds is 13. The molecule has 0 saturated heterocycles. The number of alkyl halides is 1. The second-order valence-electron chi connectivity index (χ2n) is 11.4. The number of phenols is 1. The van der Waals surface area contributed by atoms with Crippen molar-refractivity contribution < 1.29 is 9.84 Å². The zero-order valence-electron chi connectivity index (χ0n) is 22.0. The van der Waals surface area contributed by atoms with Crippen LogP contribution in [0.3, 0.4) is 0 Å². The molecule has 1 heterocycles. The van der Waals surface area contributed by atoms with Gasteiger partial charge in [-0.05, 0) is 75.3 Å². The van der Waals surface area contributed by atoms with Gasteiger partial charge in [-0.15, -0.1) is 0 Å². The molecule has 0 aliphatic carbocycles. The Morgan fingerprint density at radius 3 is 2.03 bits per heavy atom. The SMILES string of the molecule is Cc1c(C)c2c(c(CBr)c1O)CC[C@@](C)(CCC[C@H](C)CCC[C@H](C)CCCC(C)C)O2. The molecule has 1 N–H and O–H groups in total. The molecule has 3 atom stereocenters. The van der Waals surface area contributed by atoms with Gasteiger partial charge in [0.2, 0.25) is 0 Å². The fraction of sp³-hybridized carbons (Fsp3) is 0.793. The highest BCUT2D eigenvalue weighted by molar-refractivity contribution is 9.08. The van der Waals surface area contributed by atoms with Crippen LogP contribution in [-0.4, -0.2) is 10.7 Å². The second kappa shape index (κ2) is 12.7. The van der Waals surface area contributed by atoms with Crippen molar-refractivity contribution in [1.29, 1.82) is 0 Å². The third-order valence-corrected chi connectivity index (χ3v) is 8.40. The van der Waals surface area contributed by atoms with E-state index >= 15 is 0 Å². The van der Waals surface area contributed by atoms with Crippen LogP contribution < -0.4 is 4.74 Å². The standard InChI is InChI=1S/C29H49BrO2/c1-20(2)11-8-12-21(3)13-9-14-22(4)15-10-17-29(7)18-16-25-26(19-30)27(31)23(5)24(6)28(25)32-29/h20-22,31H,8-19H2,1-7H3/t21-,22-,29-/m1/s1. The van der Waals surface area contributed by atoms with Gasteiger partial charge < -0.3 is 9.84 Å². The van der Waals surface area contributed by atoms with E-state index in [2.05, 4.69) is 57.5 Å². The number of hydrogen-bond acceptors (Lipinski definition) is 2. The van der Waals surface area contributed by atoms with E-state index in [0.29, 0.717) is 11.1 Å². The zero-order valence-corrected chi connectivity index (χ0v) is 23.5.